The third-order valence-electron chi connectivity index (χ3n) is 1.30. The third kappa shape index (κ3) is 1.93. The maximum absolute atomic E-state index is 12.9. The van der Waals surface area contributed by atoms with Gasteiger partial charge in [-0.2, -0.15) is 0 Å². The van der Waals surface area contributed by atoms with Crippen LogP contribution in [0.15, 0.2) is 18.2 Å². The van der Waals surface area contributed by atoms with Crippen molar-refractivity contribution < 1.29 is 9.13 Å². The average Bonchev–Trinajstić information content (AvgIpc) is 1.95. The number of hydrogen-bond donors (Lipinski definition) is 0. The number of ether oxygens (including phenoxy) is 1. The zero-order chi connectivity index (χ0) is 8.27. The molecule has 1 rings (SSSR count). The van der Waals surface area contributed by atoms with Gasteiger partial charge in [-0.1, -0.05) is 6.07 Å². The van der Waals surface area contributed by atoms with Crippen molar-refractivity contribution in [1.29, 1.82) is 0 Å². The molecule has 0 fully saturated rings. The van der Waals surface area contributed by atoms with Crippen molar-refractivity contribution in [1.82, 2.24) is 0 Å². The van der Waals surface area contributed by atoms with Crippen molar-refractivity contribution in [3.8, 4) is 5.75 Å². The van der Waals surface area contributed by atoms with Gasteiger partial charge in [0.15, 0.2) is 11.6 Å². The summed E-state index contributed by atoms with van der Waals surface area (Å²) in [7, 11) is 0. The van der Waals surface area contributed by atoms with E-state index in [9.17, 15) is 4.39 Å². The summed E-state index contributed by atoms with van der Waals surface area (Å²) >= 11 is 0. The van der Waals surface area contributed by atoms with Gasteiger partial charge in [-0.05, 0) is 31.5 Å². The molecule has 0 unspecified atom stereocenters. The molecule has 0 aliphatic carbocycles. The molecule has 0 aliphatic rings. The average molecular weight is 153 g/mol. The van der Waals surface area contributed by atoms with Gasteiger partial charge in [0.2, 0.25) is 0 Å². The second kappa shape index (κ2) is 3.37. The minimum absolute atomic E-state index is 0.292. The van der Waals surface area contributed by atoms with Crippen LogP contribution in [-0.2, 0) is 0 Å². The Balaban J connectivity index is 2.90. The second-order valence-electron chi connectivity index (χ2n) is 2.20. The molecule has 1 aromatic rings. The smallest absolute Gasteiger partial charge is 0.165 e. The van der Waals surface area contributed by atoms with Crippen molar-refractivity contribution in [2.45, 2.75) is 6.92 Å². The van der Waals surface area contributed by atoms with E-state index in [-0.39, 0.29) is 5.82 Å². The molecule has 0 atom stereocenters. The molecule has 11 heavy (non-hydrogen) atoms. The molecule has 0 saturated heterocycles. The SMILES string of the molecule is [CH2]c1ccc(OCC)c(F)c1. The van der Waals surface area contributed by atoms with Crippen molar-refractivity contribution in [2.24, 2.45) is 0 Å². The van der Waals surface area contributed by atoms with Crippen molar-refractivity contribution in [3.63, 3.8) is 0 Å². The Morgan fingerprint density at radius 2 is 2.27 bits per heavy atom. The first-order valence-electron chi connectivity index (χ1n) is 3.48. The maximum Gasteiger partial charge on any atom is 0.165 e. The van der Waals surface area contributed by atoms with Gasteiger partial charge in [-0.15, -0.1) is 0 Å². The van der Waals surface area contributed by atoms with Gasteiger partial charge in [0.25, 0.3) is 0 Å². The molecule has 0 bridgehead atoms. The molecule has 59 valence electrons. The molecule has 0 N–H and O–H groups in total. The lowest BCUT2D eigenvalue weighted by Crippen LogP contribution is -1.94. The molecule has 1 aromatic carbocycles. The summed E-state index contributed by atoms with van der Waals surface area (Å²) in [6.07, 6.45) is 0. The first kappa shape index (κ1) is 8.05. The molecule has 0 amide bonds. The lowest BCUT2D eigenvalue weighted by molar-refractivity contribution is 0.321. The van der Waals surface area contributed by atoms with Crippen LogP contribution in [0.2, 0.25) is 0 Å². The summed E-state index contributed by atoms with van der Waals surface area (Å²) < 4.78 is 17.9. The van der Waals surface area contributed by atoms with Crippen LogP contribution >= 0.6 is 0 Å². The van der Waals surface area contributed by atoms with E-state index in [1.54, 1.807) is 12.1 Å². The summed E-state index contributed by atoms with van der Waals surface area (Å²) in [5.41, 5.74) is 0.658. The van der Waals surface area contributed by atoms with E-state index in [0.29, 0.717) is 17.9 Å². The van der Waals surface area contributed by atoms with Crippen LogP contribution in [-0.4, -0.2) is 6.61 Å². The molecule has 0 aromatic heterocycles. The predicted octanol–water partition coefficient (Wildman–Crippen LogP) is 2.41. The summed E-state index contributed by atoms with van der Waals surface area (Å²) in [5.74, 6) is -0.0562. The molecule has 0 heterocycles. The van der Waals surface area contributed by atoms with E-state index >= 15 is 0 Å². The van der Waals surface area contributed by atoms with E-state index in [1.807, 2.05) is 6.92 Å². The molecule has 0 aliphatic heterocycles. The van der Waals surface area contributed by atoms with Crippen molar-refractivity contribution in [2.75, 3.05) is 6.61 Å². The van der Waals surface area contributed by atoms with E-state index in [4.69, 9.17) is 4.74 Å². The van der Waals surface area contributed by atoms with Crippen molar-refractivity contribution >= 4 is 0 Å². The third-order valence-corrected chi connectivity index (χ3v) is 1.30. The van der Waals surface area contributed by atoms with Crippen LogP contribution in [0.25, 0.3) is 0 Å². The lowest BCUT2D eigenvalue weighted by Gasteiger charge is -2.03. The summed E-state index contributed by atoms with van der Waals surface area (Å²) in [6.45, 7) is 5.88. The normalized spacial score (nSPS) is 9.73. The highest BCUT2D eigenvalue weighted by Gasteiger charge is 2.00. The zero-order valence-corrected chi connectivity index (χ0v) is 6.43. The molecule has 0 saturated carbocycles. The molecule has 0 spiro atoms. The van der Waals surface area contributed by atoms with Gasteiger partial charge in [0, 0.05) is 0 Å². The van der Waals surface area contributed by atoms with E-state index in [2.05, 4.69) is 6.92 Å². The Kier molecular flexibility index (Phi) is 2.47. The topological polar surface area (TPSA) is 9.23 Å². The van der Waals surface area contributed by atoms with E-state index in [1.165, 1.54) is 6.07 Å². The van der Waals surface area contributed by atoms with Gasteiger partial charge < -0.3 is 4.74 Å². The Bertz CT molecular complexity index is 245. The number of rotatable bonds is 2. The monoisotopic (exact) mass is 153 g/mol. The number of halogens is 1. The fourth-order valence-electron chi connectivity index (χ4n) is 0.817. The van der Waals surface area contributed by atoms with Gasteiger partial charge in [0.05, 0.1) is 6.61 Å². The summed E-state index contributed by atoms with van der Waals surface area (Å²) in [5, 5.41) is 0. The Labute approximate surface area is 65.8 Å². The molecule has 1 radical (unpaired) electrons. The standard InChI is InChI=1S/C9H10FO/c1-3-11-9-5-4-7(2)6-8(9)10/h4-6H,2-3H2,1H3. The van der Waals surface area contributed by atoms with Crippen LogP contribution in [0.1, 0.15) is 12.5 Å². The Hall–Kier alpha value is -1.05. The highest BCUT2D eigenvalue weighted by Crippen LogP contribution is 2.17. The van der Waals surface area contributed by atoms with Crippen LogP contribution in [0.3, 0.4) is 0 Å². The fraction of sp³-hybridized carbons (Fsp3) is 0.222. The quantitative estimate of drug-likeness (QED) is 0.634. The first-order chi connectivity index (χ1) is 5.24. The maximum atomic E-state index is 12.9. The first-order valence-corrected chi connectivity index (χ1v) is 3.48. The van der Waals surface area contributed by atoms with Crippen LogP contribution in [0.5, 0.6) is 5.75 Å². The molecule has 2 heteroatoms. The fourth-order valence-corrected chi connectivity index (χ4v) is 0.817. The molecular formula is C9H10FO. The molecule has 1 nitrogen and oxygen atoms in total. The summed E-state index contributed by atoms with van der Waals surface area (Å²) in [4.78, 5) is 0. The van der Waals surface area contributed by atoms with Gasteiger partial charge in [-0.3, -0.25) is 0 Å². The van der Waals surface area contributed by atoms with Crippen LogP contribution in [0, 0.1) is 12.7 Å². The largest absolute Gasteiger partial charge is 0.491 e. The highest BCUT2D eigenvalue weighted by molar-refractivity contribution is 5.30. The Morgan fingerprint density at radius 1 is 1.55 bits per heavy atom. The minimum Gasteiger partial charge on any atom is -0.491 e. The van der Waals surface area contributed by atoms with Gasteiger partial charge >= 0.3 is 0 Å². The van der Waals surface area contributed by atoms with Gasteiger partial charge in [0.1, 0.15) is 0 Å². The second-order valence-corrected chi connectivity index (χ2v) is 2.20. The van der Waals surface area contributed by atoms with E-state index < -0.39 is 0 Å². The Morgan fingerprint density at radius 3 is 2.82 bits per heavy atom. The highest BCUT2D eigenvalue weighted by atomic mass is 19.1. The van der Waals surface area contributed by atoms with E-state index in [0.717, 1.165) is 0 Å². The van der Waals surface area contributed by atoms with Gasteiger partial charge in [-0.25, -0.2) is 4.39 Å². The van der Waals surface area contributed by atoms with Crippen LogP contribution < -0.4 is 4.74 Å². The summed E-state index contributed by atoms with van der Waals surface area (Å²) in [6, 6.07) is 4.65. The number of benzene rings is 1. The zero-order valence-electron chi connectivity index (χ0n) is 6.43. The van der Waals surface area contributed by atoms with Crippen LogP contribution in [0.4, 0.5) is 4.39 Å². The lowest BCUT2D eigenvalue weighted by atomic mass is 10.2. The van der Waals surface area contributed by atoms with Crippen molar-refractivity contribution in [3.05, 3.63) is 36.5 Å². The minimum atomic E-state index is -0.348. The number of hydrogen-bond acceptors (Lipinski definition) is 1. The predicted molar refractivity (Wildman–Crippen MR) is 42.0 cm³/mol. The molecular weight excluding hydrogens is 143 g/mol.